The lowest BCUT2D eigenvalue weighted by Gasteiger charge is -2.11. The first-order valence-corrected chi connectivity index (χ1v) is 7.56. The molecule has 0 aliphatic carbocycles. The molecule has 1 heterocycles. The highest BCUT2D eigenvalue weighted by molar-refractivity contribution is 5.46. The van der Waals surface area contributed by atoms with Crippen LogP contribution in [0.1, 0.15) is 12.0 Å². The van der Waals surface area contributed by atoms with Crippen molar-refractivity contribution >= 4 is 0 Å². The Morgan fingerprint density at radius 3 is 2.61 bits per heavy atom. The molecule has 1 aliphatic rings. The van der Waals surface area contributed by atoms with Gasteiger partial charge in [-0.25, -0.2) is 0 Å². The molecule has 2 aromatic rings. The van der Waals surface area contributed by atoms with E-state index >= 15 is 0 Å². The fourth-order valence-electron chi connectivity index (χ4n) is 2.29. The van der Waals surface area contributed by atoms with E-state index in [1.54, 1.807) is 7.11 Å². The molecule has 0 spiro atoms. The van der Waals surface area contributed by atoms with E-state index in [1.165, 1.54) is 0 Å². The molecule has 23 heavy (non-hydrogen) atoms. The molecule has 1 aliphatic heterocycles. The van der Waals surface area contributed by atoms with E-state index in [1.807, 2.05) is 43.3 Å². The van der Waals surface area contributed by atoms with Crippen LogP contribution in [0.2, 0.25) is 0 Å². The van der Waals surface area contributed by atoms with Gasteiger partial charge in [-0.3, -0.25) is 0 Å². The summed E-state index contributed by atoms with van der Waals surface area (Å²) in [7, 11) is 1.64. The molecule has 0 fully saturated rings. The fourth-order valence-corrected chi connectivity index (χ4v) is 2.29. The van der Waals surface area contributed by atoms with Crippen LogP contribution in [-0.2, 0) is 0 Å². The monoisotopic (exact) mass is 316 g/mol. The maximum atomic E-state index is 5.75. The van der Waals surface area contributed by atoms with Gasteiger partial charge in [0.15, 0.2) is 23.0 Å². The van der Waals surface area contributed by atoms with Gasteiger partial charge in [-0.1, -0.05) is 6.07 Å². The molecule has 3 rings (SSSR count). The average molecular weight is 316 g/mol. The first kappa shape index (κ1) is 15.3. The summed E-state index contributed by atoms with van der Waals surface area (Å²) in [6, 6.07) is 11.4. The number of methoxy groups -OCH3 is 1. The summed E-state index contributed by atoms with van der Waals surface area (Å²) in [5.74, 6) is 3.75. The van der Waals surface area contributed by atoms with Gasteiger partial charge in [0.2, 0.25) is 6.79 Å². The van der Waals surface area contributed by atoms with Crippen molar-refractivity contribution < 1.29 is 23.7 Å². The predicted octanol–water partition coefficient (Wildman–Crippen LogP) is 3.58. The van der Waals surface area contributed by atoms with Crippen LogP contribution in [0.15, 0.2) is 36.4 Å². The summed E-state index contributed by atoms with van der Waals surface area (Å²) in [6.45, 7) is 3.41. The van der Waals surface area contributed by atoms with Crippen LogP contribution in [0.4, 0.5) is 0 Å². The standard InChI is InChI=1S/C18H20O5/c1-13-4-6-15(17(10-13)19-2)21-9-3-8-20-14-5-7-16-18(11-14)23-12-22-16/h4-7,10-11H,3,8-9,12H2,1-2H3. The number of aryl methyl sites for hydroxylation is 1. The van der Waals surface area contributed by atoms with E-state index < -0.39 is 0 Å². The highest BCUT2D eigenvalue weighted by atomic mass is 16.7. The third kappa shape index (κ3) is 3.80. The predicted molar refractivity (Wildman–Crippen MR) is 85.9 cm³/mol. The van der Waals surface area contributed by atoms with Crippen LogP contribution in [0, 0.1) is 6.92 Å². The molecule has 0 saturated carbocycles. The number of hydrogen-bond donors (Lipinski definition) is 0. The van der Waals surface area contributed by atoms with E-state index in [2.05, 4.69) is 0 Å². The highest BCUT2D eigenvalue weighted by Gasteiger charge is 2.13. The minimum Gasteiger partial charge on any atom is -0.493 e. The van der Waals surface area contributed by atoms with Crippen molar-refractivity contribution in [1.82, 2.24) is 0 Å². The normalized spacial score (nSPS) is 12.1. The van der Waals surface area contributed by atoms with Crippen molar-refractivity contribution in [2.75, 3.05) is 27.1 Å². The van der Waals surface area contributed by atoms with Gasteiger partial charge in [-0.2, -0.15) is 0 Å². The zero-order valence-corrected chi connectivity index (χ0v) is 13.3. The average Bonchev–Trinajstić information content (AvgIpc) is 3.03. The second kappa shape index (κ2) is 7.13. The zero-order chi connectivity index (χ0) is 16.1. The number of fused-ring (bicyclic) bond motifs is 1. The fraction of sp³-hybridized carbons (Fsp3) is 0.333. The van der Waals surface area contributed by atoms with Crippen molar-refractivity contribution in [2.45, 2.75) is 13.3 Å². The minimum atomic E-state index is 0.269. The minimum absolute atomic E-state index is 0.269. The molecule has 0 saturated heterocycles. The molecule has 0 N–H and O–H groups in total. The lowest BCUT2D eigenvalue weighted by atomic mass is 10.2. The molecule has 5 heteroatoms. The van der Waals surface area contributed by atoms with Gasteiger partial charge in [0, 0.05) is 12.5 Å². The first-order valence-electron chi connectivity index (χ1n) is 7.56. The van der Waals surface area contributed by atoms with E-state index in [4.69, 9.17) is 23.7 Å². The second-order valence-corrected chi connectivity index (χ2v) is 5.22. The Hall–Kier alpha value is -2.56. The Labute approximate surface area is 135 Å². The van der Waals surface area contributed by atoms with E-state index in [-0.39, 0.29) is 6.79 Å². The molecule has 0 radical (unpaired) electrons. The van der Waals surface area contributed by atoms with Crippen LogP contribution in [0.5, 0.6) is 28.7 Å². The maximum absolute atomic E-state index is 5.75. The van der Waals surface area contributed by atoms with Crippen molar-refractivity contribution in [1.29, 1.82) is 0 Å². The van der Waals surface area contributed by atoms with Gasteiger partial charge in [-0.05, 0) is 36.8 Å². The van der Waals surface area contributed by atoms with Gasteiger partial charge >= 0.3 is 0 Å². The van der Waals surface area contributed by atoms with Crippen LogP contribution in [0.25, 0.3) is 0 Å². The number of benzene rings is 2. The summed E-state index contributed by atoms with van der Waals surface area (Å²) >= 11 is 0. The third-order valence-corrected chi connectivity index (χ3v) is 3.48. The van der Waals surface area contributed by atoms with Crippen molar-refractivity contribution in [3.8, 4) is 28.7 Å². The van der Waals surface area contributed by atoms with Gasteiger partial charge in [0.05, 0.1) is 20.3 Å². The van der Waals surface area contributed by atoms with E-state index in [9.17, 15) is 0 Å². The quantitative estimate of drug-likeness (QED) is 0.731. The smallest absolute Gasteiger partial charge is 0.231 e. The molecule has 0 atom stereocenters. The summed E-state index contributed by atoms with van der Waals surface area (Å²) < 4.78 is 27.3. The third-order valence-electron chi connectivity index (χ3n) is 3.48. The number of ether oxygens (including phenoxy) is 5. The largest absolute Gasteiger partial charge is 0.493 e. The Morgan fingerprint density at radius 1 is 0.913 bits per heavy atom. The SMILES string of the molecule is COc1cc(C)ccc1OCCCOc1ccc2c(c1)OCO2. The maximum Gasteiger partial charge on any atom is 0.231 e. The van der Waals surface area contributed by atoms with Gasteiger partial charge in [0.25, 0.3) is 0 Å². The van der Waals surface area contributed by atoms with Crippen LogP contribution in [0.3, 0.4) is 0 Å². The molecular weight excluding hydrogens is 296 g/mol. The Morgan fingerprint density at radius 2 is 1.74 bits per heavy atom. The molecule has 0 amide bonds. The van der Waals surface area contributed by atoms with Gasteiger partial charge in [-0.15, -0.1) is 0 Å². The molecule has 0 bridgehead atoms. The lowest BCUT2D eigenvalue weighted by molar-refractivity contribution is 0.173. The van der Waals surface area contributed by atoms with Crippen molar-refractivity contribution in [3.05, 3.63) is 42.0 Å². The van der Waals surface area contributed by atoms with Gasteiger partial charge < -0.3 is 23.7 Å². The molecule has 0 unspecified atom stereocenters. The van der Waals surface area contributed by atoms with Crippen LogP contribution in [-0.4, -0.2) is 27.1 Å². The molecule has 122 valence electrons. The summed E-state index contributed by atoms with van der Waals surface area (Å²) in [5.41, 5.74) is 1.14. The molecule has 2 aromatic carbocycles. The Balaban J connectivity index is 1.44. The van der Waals surface area contributed by atoms with Crippen molar-refractivity contribution in [2.24, 2.45) is 0 Å². The van der Waals surface area contributed by atoms with Crippen LogP contribution < -0.4 is 23.7 Å². The highest BCUT2D eigenvalue weighted by Crippen LogP contribution is 2.35. The topological polar surface area (TPSA) is 46.2 Å². The van der Waals surface area contributed by atoms with E-state index in [0.717, 1.165) is 40.7 Å². The Kier molecular flexibility index (Phi) is 4.76. The zero-order valence-electron chi connectivity index (χ0n) is 13.3. The van der Waals surface area contributed by atoms with Crippen LogP contribution >= 0.6 is 0 Å². The second-order valence-electron chi connectivity index (χ2n) is 5.22. The molecule has 5 nitrogen and oxygen atoms in total. The van der Waals surface area contributed by atoms with Gasteiger partial charge in [0.1, 0.15) is 5.75 Å². The van der Waals surface area contributed by atoms with E-state index in [0.29, 0.717) is 13.2 Å². The molecular formula is C18H20O5. The summed E-state index contributed by atoms with van der Waals surface area (Å²) in [4.78, 5) is 0. The number of hydrogen-bond acceptors (Lipinski definition) is 5. The number of rotatable bonds is 7. The van der Waals surface area contributed by atoms with Crippen molar-refractivity contribution in [3.63, 3.8) is 0 Å². The summed E-state index contributed by atoms with van der Waals surface area (Å²) in [5, 5.41) is 0. The Bertz CT molecular complexity index is 668. The first-order chi connectivity index (χ1) is 11.3. The lowest BCUT2D eigenvalue weighted by Crippen LogP contribution is -2.05. The molecule has 0 aromatic heterocycles. The summed E-state index contributed by atoms with van der Waals surface area (Å²) in [6.07, 6.45) is 0.769.